The van der Waals surface area contributed by atoms with Gasteiger partial charge in [0, 0.05) is 17.4 Å². The van der Waals surface area contributed by atoms with E-state index >= 15 is 0 Å². The van der Waals surface area contributed by atoms with Crippen molar-refractivity contribution in [3.8, 4) is 11.8 Å². The normalized spacial score (nSPS) is 10.8. The van der Waals surface area contributed by atoms with E-state index in [1.165, 1.54) is 12.1 Å². The van der Waals surface area contributed by atoms with Crippen LogP contribution in [-0.4, -0.2) is 24.3 Å². The molecule has 0 unspecified atom stereocenters. The number of aromatic nitrogens is 2. The van der Waals surface area contributed by atoms with Crippen LogP contribution in [0.3, 0.4) is 0 Å². The standard InChI is InChI=1S/C19H10Cl2F2N4O3S/c20-11-2-4-13(21)16(7-11)31(29,30)27-15-6-5-14(22)12(17(15)23)3-1-10-8-25-19(18(24)28)26-9-10/h2,4-9,27H,(H2,24,28). The molecular formula is C19H10Cl2F2N4O3S. The van der Waals surface area contributed by atoms with E-state index in [1.807, 2.05) is 4.72 Å². The van der Waals surface area contributed by atoms with Crippen LogP contribution in [-0.2, 0) is 10.0 Å². The van der Waals surface area contributed by atoms with Gasteiger partial charge in [-0.3, -0.25) is 9.52 Å². The Balaban J connectivity index is 1.96. The second kappa shape index (κ2) is 8.85. The Kier molecular flexibility index (Phi) is 6.40. The van der Waals surface area contributed by atoms with Gasteiger partial charge in [-0.25, -0.2) is 27.2 Å². The van der Waals surface area contributed by atoms with Gasteiger partial charge < -0.3 is 5.73 Å². The molecular weight excluding hydrogens is 473 g/mol. The van der Waals surface area contributed by atoms with Crippen LogP contribution < -0.4 is 10.5 Å². The Morgan fingerprint density at radius 2 is 1.74 bits per heavy atom. The zero-order valence-corrected chi connectivity index (χ0v) is 17.5. The van der Waals surface area contributed by atoms with E-state index in [1.54, 1.807) is 0 Å². The van der Waals surface area contributed by atoms with E-state index < -0.39 is 38.8 Å². The number of rotatable bonds is 4. The summed E-state index contributed by atoms with van der Waals surface area (Å²) in [7, 11) is -4.34. The van der Waals surface area contributed by atoms with Crippen molar-refractivity contribution >= 4 is 44.8 Å². The van der Waals surface area contributed by atoms with Crippen molar-refractivity contribution in [3.63, 3.8) is 0 Å². The average Bonchev–Trinajstić information content (AvgIpc) is 2.72. The summed E-state index contributed by atoms with van der Waals surface area (Å²) in [6.45, 7) is 0. The number of anilines is 1. The van der Waals surface area contributed by atoms with Gasteiger partial charge in [-0.2, -0.15) is 0 Å². The molecule has 3 aromatic rings. The monoisotopic (exact) mass is 482 g/mol. The number of nitrogens with two attached hydrogens (primary N) is 1. The highest BCUT2D eigenvalue weighted by molar-refractivity contribution is 7.92. The van der Waals surface area contributed by atoms with Crippen LogP contribution >= 0.6 is 23.2 Å². The quantitative estimate of drug-likeness (QED) is 0.553. The molecule has 12 heteroatoms. The van der Waals surface area contributed by atoms with Crippen molar-refractivity contribution in [1.82, 2.24) is 9.97 Å². The molecule has 0 atom stereocenters. The van der Waals surface area contributed by atoms with E-state index in [2.05, 4.69) is 21.8 Å². The maximum Gasteiger partial charge on any atom is 0.286 e. The van der Waals surface area contributed by atoms with Crippen molar-refractivity contribution in [2.45, 2.75) is 4.90 Å². The summed E-state index contributed by atoms with van der Waals surface area (Å²) in [5.74, 6) is 1.31. The van der Waals surface area contributed by atoms with Gasteiger partial charge in [-0.1, -0.05) is 35.0 Å². The third-order valence-corrected chi connectivity index (χ3v) is 5.80. The van der Waals surface area contributed by atoms with Crippen LogP contribution in [0.15, 0.2) is 47.6 Å². The lowest BCUT2D eigenvalue weighted by Crippen LogP contribution is -2.15. The van der Waals surface area contributed by atoms with Crippen molar-refractivity contribution in [3.05, 3.63) is 81.4 Å². The van der Waals surface area contributed by atoms with Crippen LogP contribution in [0.25, 0.3) is 0 Å². The molecule has 1 aromatic heterocycles. The molecule has 0 aliphatic heterocycles. The first-order chi connectivity index (χ1) is 14.6. The first-order valence-corrected chi connectivity index (χ1v) is 10.4. The number of primary amides is 1. The van der Waals surface area contributed by atoms with E-state index in [0.29, 0.717) is 0 Å². The number of carbonyl (C=O) groups excluding carboxylic acids is 1. The first kappa shape index (κ1) is 22.4. The minimum absolute atomic E-state index is 0.0977. The van der Waals surface area contributed by atoms with Crippen molar-refractivity contribution in [2.24, 2.45) is 5.73 Å². The molecule has 0 radical (unpaired) electrons. The Morgan fingerprint density at radius 1 is 1.06 bits per heavy atom. The van der Waals surface area contributed by atoms with E-state index in [9.17, 15) is 22.0 Å². The molecule has 1 amide bonds. The molecule has 0 saturated carbocycles. The van der Waals surface area contributed by atoms with Crippen LogP contribution in [0.1, 0.15) is 21.7 Å². The second-order valence-corrected chi connectivity index (χ2v) is 8.37. The summed E-state index contributed by atoms with van der Waals surface area (Å²) in [6, 6.07) is 5.48. The zero-order valence-electron chi connectivity index (χ0n) is 15.2. The topological polar surface area (TPSA) is 115 Å². The second-order valence-electron chi connectivity index (χ2n) is 5.87. The number of halogens is 4. The number of sulfonamides is 1. The van der Waals surface area contributed by atoms with E-state index in [4.69, 9.17) is 28.9 Å². The van der Waals surface area contributed by atoms with Gasteiger partial charge >= 0.3 is 0 Å². The Hall–Kier alpha value is -3.26. The molecule has 0 aliphatic carbocycles. The predicted molar refractivity (Wildman–Crippen MR) is 110 cm³/mol. The first-order valence-electron chi connectivity index (χ1n) is 8.18. The maximum absolute atomic E-state index is 14.8. The highest BCUT2D eigenvalue weighted by Gasteiger charge is 2.22. The maximum atomic E-state index is 14.8. The highest BCUT2D eigenvalue weighted by atomic mass is 35.5. The SMILES string of the molecule is NC(=O)c1ncc(C#Cc2c(F)ccc(NS(=O)(=O)c3cc(Cl)ccc3Cl)c2F)cn1. The molecule has 158 valence electrons. The fraction of sp³-hybridized carbons (Fsp3) is 0. The Bertz CT molecular complexity index is 1360. The van der Waals surface area contributed by atoms with Gasteiger partial charge in [0.1, 0.15) is 10.7 Å². The molecule has 7 nitrogen and oxygen atoms in total. The molecule has 0 spiro atoms. The summed E-state index contributed by atoms with van der Waals surface area (Å²) in [4.78, 5) is 17.9. The van der Waals surface area contributed by atoms with Gasteiger partial charge in [0.2, 0.25) is 5.82 Å². The smallest absolute Gasteiger partial charge is 0.286 e. The van der Waals surface area contributed by atoms with Crippen LogP contribution in [0.2, 0.25) is 10.0 Å². The molecule has 0 aliphatic rings. The fourth-order valence-corrected chi connectivity index (χ4v) is 4.11. The molecule has 1 heterocycles. The van der Waals surface area contributed by atoms with E-state index in [0.717, 1.165) is 30.6 Å². The van der Waals surface area contributed by atoms with Gasteiger partial charge in [-0.15, -0.1) is 0 Å². The number of nitrogens with one attached hydrogen (secondary N) is 1. The average molecular weight is 483 g/mol. The largest absolute Gasteiger partial charge is 0.363 e. The molecule has 3 rings (SSSR count). The Morgan fingerprint density at radius 3 is 2.39 bits per heavy atom. The Labute approximate surface area is 185 Å². The minimum Gasteiger partial charge on any atom is -0.363 e. The van der Waals surface area contributed by atoms with Crippen molar-refractivity contribution in [2.75, 3.05) is 4.72 Å². The minimum atomic E-state index is -4.34. The third-order valence-electron chi connectivity index (χ3n) is 3.72. The molecule has 0 saturated heterocycles. The van der Waals surface area contributed by atoms with Gasteiger partial charge in [0.25, 0.3) is 15.9 Å². The molecule has 2 aromatic carbocycles. The summed E-state index contributed by atoms with van der Waals surface area (Å²) < 4.78 is 56.1. The van der Waals surface area contributed by atoms with Crippen LogP contribution in [0.4, 0.5) is 14.5 Å². The van der Waals surface area contributed by atoms with Crippen molar-refractivity contribution in [1.29, 1.82) is 0 Å². The number of benzene rings is 2. The van der Waals surface area contributed by atoms with Gasteiger partial charge in [0.05, 0.1) is 21.8 Å². The van der Waals surface area contributed by atoms with Crippen LogP contribution in [0.5, 0.6) is 0 Å². The lowest BCUT2D eigenvalue weighted by molar-refractivity contribution is 0.0990. The zero-order chi connectivity index (χ0) is 22.8. The predicted octanol–water partition coefficient (Wildman–Crippen LogP) is 3.36. The van der Waals surface area contributed by atoms with Crippen LogP contribution in [0, 0.1) is 23.5 Å². The summed E-state index contributed by atoms with van der Waals surface area (Å²) in [5.41, 5.74) is 3.91. The van der Waals surface area contributed by atoms with Crippen molar-refractivity contribution < 1.29 is 22.0 Å². The van der Waals surface area contributed by atoms with E-state index in [-0.39, 0.29) is 26.3 Å². The molecule has 31 heavy (non-hydrogen) atoms. The lowest BCUT2D eigenvalue weighted by Gasteiger charge is -2.11. The van der Waals surface area contributed by atoms with Gasteiger partial charge in [0.15, 0.2) is 5.82 Å². The fourth-order valence-electron chi connectivity index (χ4n) is 2.28. The summed E-state index contributed by atoms with van der Waals surface area (Å²) in [6.07, 6.45) is 2.28. The summed E-state index contributed by atoms with van der Waals surface area (Å²) >= 11 is 11.7. The number of hydrogen-bond donors (Lipinski definition) is 2. The molecule has 3 N–H and O–H groups in total. The number of hydrogen-bond acceptors (Lipinski definition) is 5. The molecule has 0 fully saturated rings. The van der Waals surface area contributed by atoms with Gasteiger partial charge in [-0.05, 0) is 30.3 Å². The third kappa shape index (κ3) is 5.08. The highest BCUT2D eigenvalue weighted by Crippen LogP contribution is 2.28. The number of nitrogens with zero attached hydrogens (tertiary/aromatic N) is 2. The number of amides is 1. The lowest BCUT2D eigenvalue weighted by atomic mass is 10.1. The summed E-state index contributed by atoms with van der Waals surface area (Å²) in [5, 5.41) is -0.0423. The molecule has 0 bridgehead atoms. The number of carbonyl (C=O) groups is 1.